The van der Waals surface area contributed by atoms with Crippen LogP contribution in [0.4, 0.5) is 18.9 Å². The Hall–Kier alpha value is -1.31. The summed E-state index contributed by atoms with van der Waals surface area (Å²) in [4.78, 5) is 2.05. The van der Waals surface area contributed by atoms with Crippen molar-refractivity contribution in [3.05, 3.63) is 29.8 Å². The van der Waals surface area contributed by atoms with E-state index in [2.05, 4.69) is 28.0 Å². The second kappa shape index (κ2) is 7.29. The van der Waals surface area contributed by atoms with Gasteiger partial charge < -0.3 is 10.2 Å². The molecule has 134 valence electrons. The summed E-state index contributed by atoms with van der Waals surface area (Å²) in [5, 5.41) is 3.61. The van der Waals surface area contributed by atoms with Gasteiger partial charge in [-0.3, -0.25) is 10.9 Å². The van der Waals surface area contributed by atoms with Crippen molar-refractivity contribution in [2.24, 2.45) is 5.92 Å². The topological polar surface area (TPSA) is 39.3 Å². The number of benzene rings is 1. The highest BCUT2D eigenvalue weighted by Crippen LogP contribution is 2.32. The van der Waals surface area contributed by atoms with Gasteiger partial charge >= 0.3 is 6.18 Å². The van der Waals surface area contributed by atoms with Gasteiger partial charge in [0.05, 0.1) is 5.56 Å². The monoisotopic (exact) mass is 342 g/mol. The largest absolute Gasteiger partial charge is 0.416 e. The SMILES string of the molecule is CC1NNCC1CNC1CCN(c2cccc(C(F)(F)F)c2)CC1. The first-order chi connectivity index (χ1) is 11.4. The lowest BCUT2D eigenvalue weighted by atomic mass is 10.0. The van der Waals surface area contributed by atoms with Crippen LogP contribution in [0.3, 0.4) is 0 Å². The van der Waals surface area contributed by atoms with E-state index < -0.39 is 11.7 Å². The molecule has 1 aromatic rings. The van der Waals surface area contributed by atoms with Crippen LogP contribution >= 0.6 is 0 Å². The van der Waals surface area contributed by atoms with E-state index in [4.69, 9.17) is 0 Å². The Morgan fingerprint density at radius 3 is 2.62 bits per heavy atom. The van der Waals surface area contributed by atoms with Gasteiger partial charge in [-0.25, -0.2) is 0 Å². The van der Waals surface area contributed by atoms with Gasteiger partial charge in [-0.2, -0.15) is 13.2 Å². The molecule has 0 saturated carbocycles. The third kappa shape index (κ3) is 4.20. The van der Waals surface area contributed by atoms with Crippen LogP contribution in [0.15, 0.2) is 24.3 Å². The maximum atomic E-state index is 12.8. The highest BCUT2D eigenvalue weighted by Gasteiger charge is 2.31. The Balaban J connectivity index is 1.50. The van der Waals surface area contributed by atoms with Gasteiger partial charge in [-0.15, -0.1) is 0 Å². The van der Waals surface area contributed by atoms with Crippen molar-refractivity contribution in [1.29, 1.82) is 0 Å². The Morgan fingerprint density at radius 2 is 2.00 bits per heavy atom. The number of nitrogens with zero attached hydrogens (tertiary/aromatic N) is 1. The molecule has 3 N–H and O–H groups in total. The van der Waals surface area contributed by atoms with Crippen LogP contribution in [-0.2, 0) is 6.18 Å². The van der Waals surface area contributed by atoms with Crippen LogP contribution in [0.25, 0.3) is 0 Å². The van der Waals surface area contributed by atoms with E-state index in [1.54, 1.807) is 6.07 Å². The zero-order valence-corrected chi connectivity index (χ0v) is 13.9. The van der Waals surface area contributed by atoms with E-state index in [0.717, 1.165) is 45.1 Å². The first kappa shape index (κ1) is 17.5. The molecule has 4 nitrogen and oxygen atoms in total. The number of nitrogens with one attached hydrogen (secondary N) is 3. The Labute approximate surface area is 140 Å². The van der Waals surface area contributed by atoms with E-state index in [9.17, 15) is 13.2 Å². The fourth-order valence-electron chi connectivity index (χ4n) is 3.43. The highest BCUT2D eigenvalue weighted by atomic mass is 19.4. The number of rotatable bonds is 4. The maximum Gasteiger partial charge on any atom is 0.416 e. The summed E-state index contributed by atoms with van der Waals surface area (Å²) >= 11 is 0. The van der Waals surface area contributed by atoms with Gasteiger partial charge in [-0.1, -0.05) is 6.07 Å². The van der Waals surface area contributed by atoms with Crippen molar-refractivity contribution in [3.8, 4) is 0 Å². The minimum absolute atomic E-state index is 0.444. The second-order valence-corrected chi connectivity index (χ2v) is 6.79. The number of piperidine rings is 1. The van der Waals surface area contributed by atoms with E-state index in [1.165, 1.54) is 12.1 Å². The molecule has 24 heavy (non-hydrogen) atoms. The number of halogens is 3. The van der Waals surface area contributed by atoms with Crippen molar-refractivity contribution >= 4 is 5.69 Å². The summed E-state index contributed by atoms with van der Waals surface area (Å²) in [6.07, 6.45) is -2.37. The Bertz CT molecular complexity index is 541. The zero-order chi connectivity index (χ0) is 17.2. The van der Waals surface area contributed by atoms with Crippen LogP contribution in [-0.4, -0.2) is 38.3 Å². The average Bonchev–Trinajstić information content (AvgIpc) is 2.98. The van der Waals surface area contributed by atoms with Crippen molar-refractivity contribution in [2.75, 3.05) is 31.1 Å². The molecule has 0 amide bonds. The normalized spacial score (nSPS) is 26.1. The second-order valence-electron chi connectivity index (χ2n) is 6.79. The third-order valence-corrected chi connectivity index (χ3v) is 5.10. The molecule has 0 radical (unpaired) electrons. The molecule has 2 aliphatic rings. The molecule has 0 aliphatic carbocycles. The van der Waals surface area contributed by atoms with E-state index in [0.29, 0.717) is 23.7 Å². The summed E-state index contributed by atoms with van der Waals surface area (Å²) < 4.78 is 38.5. The summed E-state index contributed by atoms with van der Waals surface area (Å²) in [5.41, 5.74) is 6.47. The van der Waals surface area contributed by atoms with Gasteiger partial charge in [0.15, 0.2) is 0 Å². The third-order valence-electron chi connectivity index (χ3n) is 5.10. The van der Waals surface area contributed by atoms with Crippen LogP contribution in [0.5, 0.6) is 0 Å². The molecule has 2 atom stereocenters. The molecule has 3 rings (SSSR count). The van der Waals surface area contributed by atoms with Gasteiger partial charge in [0.1, 0.15) is 0 Å². The molecule has 2 heterocycles. The smallest absolute Gasteiger partial charge is 0.371 e. The molecule has 2 fully saturated rings. The highest BCUT2D eigenvalue weighted by molar-refractivity contribution is 5.49. The number of hydrogen-bond donors (Lipinski definition) is 3. The number of anilines is 1. The predicted molar refractivity (Wildman–Crippen MR) is 88.8 cm³/mol. The average molecular weight is 342 g/mol. The zero-order valence-electron chi connectivity index (χ0n) is 13.9. The minimum Gasteiger partial charge on any atom is -0.371 e. The summed E-state index contributed by atoms with van der Waals surface area (Å²) in [6.45, 7) is 5.68. The fourth-order valence-corrected chi connectivity index (χ4v) is 3.43. The Morgan fingerprint density at radius 1 is 1.25 bits per heavy atom. The van der Waals surface area contributed by atoms with Gasteiger partial charge in [0.25, 0.3) is 0 Å². The van der Waals surface area contributed by atoms with E-state index >= 15 is 0 Å². The van der Waals surface area contributed by atoms with Crippen LogP contribution in [0.2, 0.25) is 0 Å². The molecule has 2 unspecified atom stereocenters. The maximum absolute atomic E-state index is 12.8. The van der Waals surface area contributed by atoms with Crippen LogP contribution < -0.4 is 21.1 Å². The molecule has 2 aliphatic heterocycles. The molecule has 0 aromatic heterocycles. The standard InChI is InChI=1S/C17H25F3N4/c1-12-13(11-22-23-12)10-21-15-5-7-24(8-6-15)16-4-2-3-14(9-16)17(18,19)20/h2-4,9,12-13,15,21-23H,5-8,10-11H2,1H3. The van der Waals surface area contributed by atoms with Crippen molar-refractivity contribution in [2.45, 2.75) is 38.0 Å². The quantitative estimate of drug-likeness (QED) is 0.786. The lowest BCUT2D eigenvalue weighted by molar-refractivity contribution is -0.137. The molecule has 0 bridgehead atoms. The number of hydrazine groups is 1. The molecular weight excluding hydrogens is 317 g/mol. The predicted octanol–water partition coefficient (Wildman–Crippen LogP) is 2.38. The molecule has 1 aromatic carbocycles. The number of hydrogen-bond acceptors (Lipinski definition) is 4. The van der Waals surface area contributed by atoms with Crippen molar-refractivity contribution in [3.63, 3.8) is 0 Å². The first-order valence-electron chi connectivity index (χ1n) is 8.57. The Kier molecular flexibility index (Phi) is 5.32. The molecule has 7 heteroatoms. The summed E-state index contributed by atoms with van der Waals surface area (Å²) in [7, 11) is 0. The van der Waals surface area contributed by atoms with E-state index in [1.807, 2.05) is 0 Å². The summed E-state index contributed by atoms with van der Waals surface area (Å²) in [5.74, 6) is 0.575. The van der Waals surface area contributed by atoms with Crippen LogP contribution in [0.1, 0.15) is 25.3 Å². The molecule has 0 spiro atoms. The summed E-state index contributed by atoms with van der Waals surface area (Å²) in [6, 6.07) is 6.54. The first-order valence-corrected chi connectivity index (χ1v) is 8.57. The van der Waals surface area contributed by atoms with Crippen LogP contribution in [0, 0.1) is 5.92 Å². The lowest BCUT2D eigenvalue weighted by Crippen LogP contribution is -2.45. The van der Waals surface area contributed by atoms with E-state index in [-0.39, 0.29) is 0 Å². The number of alkyl halides is 3. The molecule has 2 saturated heterocycles. The van der Waals surface area contributed by atoms with Crippen molar-refractivity contribution < 1.29 is 13.2 Å². The lowest BCUT2D eigenvalue weighted by Gasteiger charge is -2.35. The minimum atomic E-state index is -4.28. The van der Waals surface area contributed by atoms with Gasteiger partial charge in [0, 0.05) is 49.9 Å². The van der Waals surface area contributed by atoms with Gasteiger partial charge in [-0.05, 0) is 38.0 Å². The molecular formula is C17H25F3N4. The fraction of sp³-hybridized carbons (Fsp3) is 0.647. The van der Waals surface area contributed by atoms with Gasteiger partial charge in [0.2, 0.25) is 0 Å². The van der Waals surface area contributed by atoms with Crippen molar-refractivity contribution in [1.82, 2.24) is 16.2 Å².